The van der Waals surface area contributed by atoms with Gasteiger partial charge < -0.3 is 24.8 Å². The van der Waals surface area contributed by atoms with Gasteiger partial charge in [0.05, 0.1) is 0 Å². The summed E-state index contributed by atoms with van der Waals surface area (Å²) < 4.78 is 1.42. The van der Waals surface area contributed by atoms with E-state index in [4.69, 9.17) is 0 Å². The number of fused-ring (bicyclic) bond motifs is 6. The molecule has 8 rings (SSSR count). The number of halogens is 2. The van der Waals surface area contributed by atoms with Crippen molar-refractivity contribution in [3.05, 3.63) is 171 Å². The van der Waals surface area contributed by atoms with Crippen LogP contribution in [0.3, 0.4) is 0 Å². The Labute approximate surface area is 381 Å². The molecule has 0 aliphatic heterocycles. The average Bonchev–Trinajstić information content (AvgIpc) is 3.83. The number of aryl methyl sites for hydroxylation is 1. The van der Waals surface area contributed by atoms with Crippen LogP contribution in [0, 0.1) is 33.5 Å². The molecule has 1 saturated carbocycles. The van der Waals surface area contributed by atoms with Crippen LogP contribution in [0.4, 0.5) is 0 Å². The molecule has 0 nitrogen and oxygen atoms in total. The SMILES string of the molecule is CCCCc1cc(C(C)(C)C)c[cH-]1.C[C-]1C2=C3Cc4ccccc4C3=C3C=CCCC3C2(C)C(C)(C)C(C)(C)C1(C)C.[Cl-].[Cl-].[Zr+2]=[C](c1ccccc1)c1ccccc1. The van der Waals surface area contributed by atoms with Crippen LogP contribution >= 0.6 is 0 Å². The summed E-state index contributed by atoms with van der Waals surface area (Å²) in [5.41, 5.74) is 16.2. The Kier molecular flexibility index (Phi) is 15.4. The third-order valence-electron chi connectivity index (χ3n) is 15.4. The fourth-order valence-electron chi connectivity index (χ4n) is 10.4. The molecule has 0 aromatic heterocycles. The zero-order valence-corrected chi connectivity index (χ0v) is 41.5. The zero-order chi connectivity index (χ0) is 40.7. The number of rotatable bonds is 5. The zero-order valence-electron chi connectivity index (χ0n) is 37.5. The summed E-state index contributed by atoms with van der Waals surface area (Å²) in [7, 11) is 0. The fourth-order valence-corrected chi connectivity index (χ4v) is 11.3. The average molecular weight is 891 g/mol. The van der Waals surface area contributed by atoms with E-state index in [1.807, 2.05) is 0 Å². The minimum atomic E-state index is 0. The number of benzene rings is 3. The second-order valence-electron chi connectivity index (χ2n) is 19.7. The molecular formula is C55H68Cl2Zr-2. The fraction of sp³-hybridized carbons (Fsp3) is 0.436. The van der Waals surface area contributed by atoms with Crippen LogP contribution in [-0.4, -0.2) is 3.21 Å². The predicted molar refractivity (Wildman–Crippen MR) is 240 cm³/mol. The van der Waals surface area contributed by atoms with Crippen molar-refractivity contribution >= 4 is 8.78 Å². The summed E-state index contributed by atoms with van der Waals surface area (Å²) in [6.45, 7) is 29.3. The van der Waals surface area contributed by atoms with Crippen LogP contribution in [0.15, 0.2) is 132 Å². The van der Waals surface area contributed by atoms with Crippen LogP contribution in [0.2, 0.25) is 0 Å². The normalized spacial score (nSPS) is 21.7. The molecule has 2 unspecified atom stereocenters. The van der Waals surface area contributed by atoms with Gasteiger partial charge in [0.2, 0.25) is 0 Å². The van der Waals surface area contributed by atoms with Crippen molar-refractivity contribution in [2.75, 3.05) is 0 Å². The first-order valence-electron chi connectivity index (χ1n) is 21.4. The van der Waals surface area contributed by atoms with Gasteiger partial charge in [0.1, 0.15) is 0 Å². The Morgan fingerprint density at radius 2 is 1.38 bits per heavy atom. The minimum absolute atomic E-state index is 0. The first-order chi connectivity index (χ1) is 26.4. The molecule has 4 aromatic carbocycles. The van der Waals surface area contributed by atoms with Gasteiger partial charge in [-0.05, 0) is 40.6 Å². The van der Waals surface area contributed by atoms with Crippen molar-refractivity contribution in [3.8, 4) is 0 Å². The van der Waals surface area contributed by atoms with Gasteiger partial charge in [-0.2, -0.15) is 34.4 Å². The molecule has 58 heavy (non-hydrogen) atoms. The Morgan fingerprint density at radius 1 is 0.810 bits per heavy atom. The van der Waals surface area contributed by atoms with E-state index in [-0.39, 0.29) is 46.5 Å². The molecule has 0 radical (unpaired) electrons. The molecule has 3 heteroatoms. The second-order valence-corrected chi connectivity index (χ2v) is 21.0. The third-order valence-corrected chi connectivity index (χ3v) is 16.8. The van der Waals surface area contributed by atoms with Gasteiger partial charge in [-0.15, -0.1) is 6.92 Å². The first kappa shape index (κ1) is 48.1. The molecule has 0 bridgehead atoms. The van der Waals surface area contributed by atoms with E-state index in [1.54, 1.807) is 28.2 Å². The van der Waals surface area contributed by atoms with Crippen LogP contribution in [0.5, 0.6) is 0 Å². The Hall–Kier alpha value is -2.57. The van der Waals surface area contributed by atoms with Gasteiger partial charge in [-0.1, -0.05) is 166 Å². The van der Waals surface area contributed by atoms with Crippen molar-refractivity contribution in [2.45, 2.75) is 127 Å². The maximum absolute atomic E-state index is 2.62. The summed E-state index contributed by atoms with van der Waals surface area (Å²) in [6, 6.07) is 37.2. The number of unbranched alkanes of at least 4 members (excludes halogenated alkanes) is 1. The van der Waals surface area contributed by atoms with E-state index in [9.17, 15) is 0 Å². The summed E-state index contributed by atoms with van der Waals surface area (Å²) in [6.07, 6.45) is 12.3. The second kappa shape index (κ2) is 18.6. The van der Waals surface area contributed by atoms with Crippen LogP contribution < -0.4 is 24.8 Å². The molecule has 308 valence electrons. The van der Waals surface area contributed by atoms with Gasteiger partial charge in [-0.3, -0.25) is 0 Å². The molecule has 4 aromatic rings. The van der Waals surface area contributed by atoms with E-state index in [2.05, 4.69) is 198 Å². The van der Waals surface area contributed by atoms with E-state index < -0.39 is 0 Å². The molecule has 0 amide bonds. The quantitative estimate of drug-likeness (QED) is 0.176. The molecule has 0 heterocycles. The monoisotopic (exact) mass is 888 g/mol. The van der Waals surface area contributed by atoms with E-state index in [0.29, 0.717) is 11.3 Å². The molecule has 4 aliphatic carbocycles. The van der Waals surface area contributed by atoms with Crippen LogP contribution in [0.25, 0.3) is 5.57 Å². The summed E-state index contributed by atoms with van der Waals surface area (Å²) in [5.74, 6) is 2.24. The Morgan fingerprint density at radius 3 is 1.93 bits per heavy atom. The Bertz CT molecular complexity index is 2070. The van der Waals surface area contributed by atoms with Crippen molar-refractivity contribution in [1.82, 2.24) is 0 Å². The van der Waals surface area contributed by atoms with Crippen LogP contribution in [0.1, 0.15) is 142 Å². The van der Waals surface area contributed by atoms with Gasteiger partial charge in [-0.25, -0.2) is 12.0 Å². The van der Waals surface area contributed by atoms with Crippen molar-refractivity contribution < 1.29 is 49.0 Å². The Balaban J connectivity index is 0.000000216. The van der Waals surface area contributed by atoms with Gasteiger partial charge >= 0.3 is 99.2 Å². The maximum atomic E-state index is 2.62. The predicted octanol–water partition coefficient (Wildman–Crippen LogP) is 8.82. The number of hydrogen-bond acceptors (Lipinski definition) is 0. The molecule has 2 atom stereocenters. The number of allylic oxidation sites excluding steroid dienone is 6. The molecule has 0 spiro atoms. The first-order valence-corrected chi connectivity index (χ1v) is 22.6. The number of hydrogen-bond donors (Lipinski definition) is 0. The van der Waals surface area contributed by atoms with Gasteiger partial charge in [0, 0.05) is 0 Å². The molecule has 0 N–H and O–H groups in total. The molecule has 0 saturated heterocycles. The summed E-state index contributed by atoms with van der Waals surface area (Å²) in [4.78, 5) is 0. The van der Waals surface area contributed by atoms with Crippen molar-refractivity contribution in [3.63, 3.8) is 0 Å². The standard InChI is InChI=1S/C29H37.C13H10.C13H21.2ClH.Zr/c1-18-25-22-17-19-13-9-10-14-20(19)24(22)21-15-11-12-16-23(21)29(25,8)28(6,7)27(4,5)26(18,2)3;1-3-7-12(8-4-1)11-13-9-5-2-6-10-13;1-5-6-7-11-8-9-12(10-11)13(2,3)4;;;/h9-11,13-15,23H,12,16-17H2,1-8H3;1-10H;8-10H,5-7H2,1-4H3;2*1H;/q-1;;-1;;;+2/p-2. The summed E-state index contributed by atoms with van der Waals surface area (Å²) in [5, 5.41) is 0. The third kappa shape index (κ3) is 8.50. The van der Waals surface area contributed by atoms with Crippen LogP contribution in [-0.2, 0) is 42.5 Å². The van der Waals surface area contributed by atoms with Crippen molar-refractivity contribution in [2.24, 2.45) is 27.6 Å². The van der Waals surface area contributed by atoms with Crippen molar-refractivity contribution in [1.29, 1.82) is 0 Å². The molecule has 4 aliphatic rings. The van der Waals surface area contributed by atoms with E-state index in [0.717, 1.165) is 6.42 Å². The van der Waals surface area contributed by atoms with E-state index >= 15 is 0 Å². The van der Waals surface area contributed by atoms with Gasteiger partial charge in [0.25, 0.3) is 0 Å². The van der Waals surface area contributed by atoms with Gasteiger partial charge in [0.15, 0.2) is 0 Å². The molecular weight excluding hydrogens is 823 g/mol. The summed E-state index contributed by atoms with van der Waals surface area (Å²) >= 11 is 1.46. The topological polar surface area (TPSA) is 0 Å². The molecule has 1 fully saturated rings. The van der Waals surface area contributed by atoms with E-state index in [1.165, 1.54) is 92.9 Å².